The van der Waals surface area contributed by atoms with Crippen molar-refractivity contribution in [3.05, 3.63) is 28.1 Å². The molecule has 2 N–H and O–H groups in total. The normalized spacial score (nSPS) is 22.7. The van der Waals surface area contributed by atoms with Crippen LogP contribution in [0.4, 0.5) is 5.69 Å². The first-order valence-electron chi connectivity index (χ1n) is 7.27. The second-order valence-electron chi connectivity index (χ2n) is 5.84. The molecule has 5 heteroatoms. The minimum absolute atomic E-state index is 0.0591. The van der Waals surface area contributed by atoms with Crippen molar-refractivity contribution in [1.82, 2.24) is 4.90 Å². The number of rotatable bonds is 1. The highest BCUT2D eigenvalue weighted by Crippen LogP contribution is 2.37. The molecule has 1 amide bonds. The summed E-state index contributed by atoms with van der Waals surface area (Å²) in [5, 5.41) is 1.59. The molecular weight excluding hydrogens is 304 g/mol. The fourth-order valence-corrected chi connectivity index (χ4v) is 4.36. The van der Waals surface area contributed by atoms with E-state index >= 15 is 0 Å². The summed E-state index contributed by atoms with van der Waals surface area (Å²) in [7, 11) is 0. The maximum absolute atomic E-state index is 12.9. The molecule has 0 aliphatic carbocycles. The molecule has 0 saturated carbocycles. The number of halogens is 1. The summed E-state index contributed by atoms with van der Waals surface area (Å²) in [6.45, 7) is 5.15. The zero-order valence-electron chi connectivity index (χ0n) is 12.2. The fourth-order valence-electron chi connectivity index (χ4n) is 3.00. The van der Waals surface area contributed by atoms with Gasteiger partial charge in [0.15, 0.2) is 0 Å². The number of anilines is 1. The highest BCUT2D eigenvalue weighted by molar-refractivity contribution is 7.21. The molecule has 2 aromatic rings. The number of nitrogens with zero attached hydrogens (tertiary/aromatic N) is 1. The first-order valence-corrected chi connectivity index (χ1v) is 8.47. The van der Waals surface area contributed by atoms with Crippen molar-refractivity contribution in [2.75, 3.05) is 12.3 Å². The molecule has 1 fully saturated rings. The van der Waals surface area contributed by atoms with Crippen LogP contribution in [0.5, 0.6) is 0 Å². The van der Waals surface area contributed by atoms with E-state index in [2.05, 4.69) is 13.8 Å². The molecule has 0 spiro atoms. The zero-order chi connectivity index (χ0) is 15.1. The Bertz CT molecular complexity index is 697. The van der Waals surface area contributed by atoms with Crippen molar-refractivity contribution < 1.29 is 4.79 Å². The molecule has 21 heavy (non-hydrogen) atoms. The summed E-state index contributed by atoms with van der Waals surface area (Å²) >= 11 is 7.46. The summed E-state index contributed by atoms with van der Waals surface area (Å²) < 4.78 is 0.973. The van der Waals surface area contributed by atoms with Crippen molar-refractivity contribution in [2.45, 2.75) is 32.7 Å². The van der Waals surface area contributed by atoms with E-state index in [1.54, 1.807) is 0 Å². The summed E-state index contributed by atoms with van der Waals surface area (Å²) in [4.78, 5) is 15.5. The standard InChI is InChI=1S/C16H19ClN2OS/c1-9-4-3-7-19(10(9)2)16(20)15-14(18)12-6-5-11(17)8-13(12)21-15/h5-6,8-10H,3-4,7,18H2,1-2H3. The van der Waals surface area contributed by atoms with Crippen LogP contribution < -0.4 is 5.73 Å². The van der Waals surface area contributed by atoms with Gasteiger partial charge in [-0.05, 0) is 43.9 Å². The molecule has 1 aliphatic rings. The smallest absolute Gasteiger partial charge is 0.266 e. The van der Waals surface area contributed by atoms with E-state index < -0.39 is 0 Å². The molecule has 112 valence electrons. The number of thiophene rings is 1. The minimum Gasteiger partial charge on any atom is -0.397 e. The van der Waals surface area contributed by atoms with Crippen LogP contribution in [0.25, 0.3) is 10.1 Å². The number of piperidine rings is 1. The number of hydrogen-bond donors (Lipinski definition) is 1. The van der Waals surface area contributed by atoms with Gasteiger partial charge in [-0.2, -0.15) is 0 Å². The molecule has 3 rings (SSSR count). The number of amides is 1. The van der Waals surface area contributed by atoms with Gasteiger partial charge in [-0.3, -0.25) is 4.79 Å². The number of carbonyl (C=O) groups is 1. The Balaban J connectivity index is 1.99. The van der Waals surface area contributed by atoms with Gasteiger partial charge in [0.25, 0.3) is 5.91 Å². The van der Waals surface area contributed by atoms with Gasteiger partial charge in [0.1, 0.15) is 4.88 Å². The summed E-state index contributed by atoms with van der Waals surface area (Å²) in [6.07, 6.45) is 2.25. The SMILES string of the molecule is CC1CCCN(C(=O)c2sc3cc(Cl)ccc3c2N)C1C. The first-order chi connectivity index (χ1) is 9.99. The van der Waals surface area contributed by atoms with Crippen LogP contribution in [0.2, 0.25) is 5.02 Å². The Morgan fingerprint density at radius 3 is 2.95 bits per heavy atom. The number of nitrogens with two attached hydrogens (primary N) is 1. The van der Waals surface area contributed by atoms with Crippen LogP contribution in [0.3, 0.4) is 0 Å². The molecular formula is C16H19ClN2OS. The number of nitrogen functional groups attached to an aromatic ring is 1. The predicted molar refractivity (Wildman–Crippen MR) is 90.1 cm³/mol. The van der Waals surface area contributed by atoms with Crippen molar-refractivity contribution in [1.29, 1.82) is 0 Å². The van der Waals surface area contributed by atoms with Gasteiger partial charge >= 0.3 is 0 Å². The van der Waals surface area contributed by atoms with Crippen LogP contribution in [0, 0.1) is 5.92 Å². The van der Waals surface area contributed by atoms with E-state index in [0.717, 1.165) is 23.1 Å². The van der Waals surface area contributed by atoms with Gasteiger partial charge in [-0.15, -0.1) is 11.3 Å². The van der Waals surface area contributed by atoms with Crippen LogP contribution >= 0.6 is 22.9 Å². The Labute approximate surface area is 133 Å². The van der Waals surface area contributed by atoms with E-state index in [1.165, 1.54) is 17.8 Å². The third-order valence-electron chi connectivity index (χ3n) is 4.52. The van der Waals surface area contributed by atoms with Gasteiger partial charge in [0.2, 0.25) is 0 Å². The topological polar surface area (TPSA) is 46.3 Å². The third-order valence-corrected chi connectivity index (χ3v) is 5.91. The Kier molecular flexibility index (Phi) is 3.84. The number of fused-ring (bicyclic) bond motifs is 1. The lowest BCUT2D eigenvalue weighted by Gasteiger charge is -2.37. The maximum Gasteiger partial charge on any atom is 0.266 e. The van der Waals surface area contributed by atoms with Gasteiger partial charge in [0.05, 0.1) is 5.69 Å². The second-order valence-corrected chi connectivity index (χ2v) is 7.33. The summed E-state index contributed by atoms with van der Waals surface area (Å²) in [5.41, 5.74) is 6.78. The number of carbonyl (C=O) groups excluding carboxylic acids is 1. The molecule has 2 unspecified atom stereocenters. The average Bonchev–Trinajstić information content (AvgIpc) is 2.78. The van der Waals surface area contributed by atoms with Crippen LogP contribution in [0.1, 0.15) is 36.4 Å². The van der Waals surface area contributed by atoms with Crippen LogP contribution in [-0.4, -0.2) is 23.4 Å². The van der Waals surface area contributed by atoms with Crippen molar-refractivity contribution in [2.24, 2.45) is 5.92 Å². The van der Waals surface area contributed by atoms with Gasteiger partial charge < -0.3 is 10.6 Å². The molecule has 3 nitrogen and oxygen atoms in total. The quantitative estimate of drug-likeness (QED) is 0.846. The predicted octanol–water partition coefficient (Wildman–Crippen LogP) is 4.40. The van der Waals surface area contributed by atoms with Crippen LogP contribution in [0.15, 0.2) is 18.2 Å². The molecule has 1 aliphatic heterocycles. The number of benzene rings is 1. The molecule has 0 radical (unpaired) electrons. The number of likely N-dealkylation sites (tertiary alicyclic amines) is 1. The van der Waals surface area contributed by atoms with E-state index in [9.17, 15) is 4.79 Å². The van der Waals surface area contributed by atoms with Gasteiger partial charge in [-0.25, -0.2) is 0 Å². The average molecular weight is 323 g/mol. The lowest BCUT2D eigenvalue weighted by molar-refractivity contribution is 0.0557. The summed E-state index contributed by atoms with van der Waals surface area (Å²) in [5.74, 6) is 0.594. The molecule has 2 heterocycles. The Hall–Kier alpha value is -1.26. The van der Waals surface area contributed by atoms with Crippen LogP contribution in [-0.2, 0) is 0 Å². The lowest BCUT2D eigenvalue weighted by Crippen LogP contribution is -2.45. The van der Waals surface area contributed by atoms with E-state index in [0.29, 0.717) is 21.5 Å². The molecule has 1 aromatic heterocycles. The molecule has 0 bridgehead atoms. The first kappa shape index (κ1) is 14.7. The Morgan fingerprint density at radius 1 is 1.43 bits per heavy atom. The Morgan fingerprint density at radius 2 is 2.19 bits per heavy atom. The van der Waals surface area contributed by atoms with E-state index in [-0.39, 0.29) is 11.9 Å². The zero-order valence-corrected chi connectivity index (χ0v) is 13.8. The second kappa shape index (κ2) is 5.50. The molecule has 1 aromatic carbocycles. The van der Waals surface area contributed by atoms with Crippen molar-refractivity contribution in [3.8, 4) is 0 Å². The van der Waals surface area contributed by atoms with Gasteiger partial charge in [-0.1, -0.05) is 18.5 Å². The monoisotopic (exact) mass is 322 g/mol. The van der Waals surface area contributed by atoms with Gasteiger partial charge in [0, 0.05) is 27.7 Å². The minimum atomic E-state index is 0.0591. The lowest BCUT2D eigenvalue weighted by atomic mass is 9.92. The highest BCUT2D eigenvalue weighted by Gasteiger charge is 2.31. The van der Waals surface area contributed by atoms with Crippen molar-refractivity contribution >= 4 is 44.6 Å². The van der Waals surface area contributed by atoms with E-state index in [4.69, 9.17) is 17.3 Å². The third kappa shape index (κ3) is 2.51. The van der Waals surface area contributed by atoms with Crippen molar-refractivity contribution in [3.63, 3.8) is 0 Å². The molecule has 2 atom stereocenters. The molecule has 1 saturated heterocycles. The fraction of sp³-hybridized carbons (Fsp3) is 0.438. The largest absolute Gasteiger partial charge is 0.397 e. The summed E-state index contributed by atoms with van der Waals surface area (Å²) in [6, 6.07) is 5.84. The number of hydrogen-bond acceptors (Lipinski definition) is 3. The maximum atomic E-state index is 12.9. The highest BCUT2D eigenvalue weighted by atomic mass is 35.5. The van der Waals surface area contributed by atoms with E-state index in [1.807, 2.05) is 23.1 Å².